The van der Waals surface area contributed by atoms with Gasteiger partial charge in [0.2, 0.25) is 5.17 Å². The number of amidine groups is 2. The van der Waals surface area contributed by atoms with Gasteiger partial charge in [0.05, 0.1) is 5.57 Å². The van der Waals surface area contributed by atoms with Crippen LogP contribution in [0.4, 0.5) is 0 Å². The van der Waals surface area contributed by atoms with Gasteiger partial charge >= 0.3 is 0 Å². The molecule has 2 aliphatic heterocycles. The SMILES string of the molecule is CCCCCCC1=NN2C(=N)/C(=C/c3cc(C)n(-c4cc(C)cc(C)c4)c3C)C(=O)N=C2S1. The molecule has 2 aliphatic rings. The number of carbonyl (C=O) groups is 1. The fraction of sp³-hybridized carbons (Fsp3) is 0.385. The van der Waals surface area contributed by atoms with E-state index in [0.717, 1.165) is 40.5 Å². The summed E-state index contributed by atoms with van der Waals surface area (Å²) in [5, 5.41) is 16.2. The van der Waals surface area contributed by atoms with Gasteiger partial charge in [-0.15, -0.1) is 0 Å². The Labute approximate surface area is 200 Å². The van der Waals surface area contributed by atoms with Crippen molar-refractivity contribution in [2.24, 2.45) is 10.1 Å². The van der Waals surface area contributed by atoms with E-state index in [1.807, 2.05) is 6.92 Å². The number of nitrogens with zero attached hydrogens (tertiary/aromatic N) is 4. The first kappa shape index (κ1) is 23.2. The first-order chi connectivity index (χ1) is 15.8. The fourth-order valence-electron chi connectivity index (χ4n) is 4.40. The zero-order valence-corrected chi connectivity index (χ0v) is 20.8. The maximum atomic E-state index is 12.8. The minimum atomic E-state index is -0.377. The van der Waals surface area contributed by atoms with Crippen molar-refractivity contribution >= 4 is 39.8 Å². The molecule has 172 valence electrons. The van der Waals surface area contributed by atoms with E-state index in [0.29, 0.717) is 5.17 Å². The molecule has 4 rings (SSSR count). The Balaban J connectivity index is 1.62. The minimum absolute atomic E-state index is 0.0947. The summed E-state index contributed by atoms with van der Waals surface area (Å²) in [6.45, 7) is 10.5. The Morgan fingerprint density at radius 3 is 2.45 bits per heavy atom. The van der Waals surface area contributed by atoms with Gasteiger partial charge in [-0.3, -0.25) is 10.2 Å². The molecular weight excluding hydrogens is 430 g/mol. The van der Waals surface area contributed by atoms with Gasteiger partial charge in [0.25, 0.3) is 5.91 Å². The van der Waals surface area contributed by atoms with E-state index in [1.165, 1.54) is 47.2 Å². The average molecular weight is 462 g/mol. The number of carbonyl (C=O) groups excluding carboxylic acids is 1. The largest absolute Gasteiger partial charge is 0.318 e. The second-order valence-corrected chi connectivity index (χ2v) is 9.87. The molecule has 0 fully saturated rings. The zero-order chi connectivity index (χ0) is 23.7. The van der Waals surface area contributed by atoms with E-state index in [1.54, 1.807) is 6.08 Å². The monoisotopic (exact) mass is 461 g/mol. The Hall–Kier alpha value is -2.93. The molecule has 1 aromatic heterocycles. The number of hydrazone groups is 1. The highest BCUT2D eigenvalue weighted by atomic mass is 32.2. The van der Waals surface area contributed by atoms with Gasteiger partial charge in [-0.25, -0.2) is 0 Å². The van der Waals surface area contributed by atoms with Crippen molar-refractivity contribution in [1.29, 1.82) is 5.41 Å². The molecule has 2 aromatic rings. The molecule has 7 heteroatoms. The number of nitrogens with one attached hydrogen (secondary N) is 1. The lowest BCUT2D eigenvalue weighted by molar-refractivity contribution is -0.114. The second-order valence-electron chi connectivity index (χ2n) is 8.83. The third kappa shape index (κ3) is 4.74. The fourth-order valence-corrected chi connectivity index (χ4v) is 5.33. The summed E-state index contributed by atoms with van der Waals surface area (Å²) in [5.41, 5.74) is 6.80. The Kier molecular flexibility index (Phi) is 6.70. The van der Waals surface area contributed by atoms with Gasteiger partial charge in [-0.05, 0) is 93.3 Å². The summed E-state index contributed by atoms with van der Waals surface area (Å²) < 4.78 is 2.19. The molecule has 0 spiro atoms. The van der Waals surface area contributed by atoms with Gasteiger partial charge in [0.15, 0.2) is 5.84 Å². The molecule has 6 nitrogen and oxygen atoms in total. The van der Waals surface area contributed by atoms with Crippen LogP contribution in [-0.2, 0) is 4.79 Å². The average Bonchev–Trinajstić information content (AvgIpc) is 3.27. The highest BCUT2D eigenvalue weighted by Gasteiger charge is 2.35. The Morgan fingerprint density at radius 1 is 1.03 bits per heavy atom. The van der Waals surface area contributed by atoms with Gasteiger partial charge in [0, 0.05) is 17.1 Å². The highest BCUT2D eigenvalue weighted by Crippen LogP contribution is 2.31. The van der Waals surface area contributed by atoms with Crippen LogP contribution in [0.1, 0.15) is 67.1 Å². The third-order valence-corrected chi connectivity index (χ3v) is 6.94. The van der Waals surface area contributed by atoms with Gasteiger partial charge in [0.1, 0.15) is 5.04 Å². The number of thioether (sulfide) groups is 1. The van der Waals surface area contributed by atoms with Crippen LogP contribution >= 0.6 is 11.8 Å². The molecule has 33 heavy (non-hydrogen) atoms. The van der Waals surface area contributed by atoms with E-state index in [-0.39, 0.29) is 17.3 Å². The second kappa shape index (κ2) is 9.51. The number of aliphatic imine (C=N–C) groups is 1. The van der Waals surface area contributed by atoms with Crippen LogP contribution in [0.5, 0.6) is 0 Å². The predicted octanol–water partition coefficient (Wildman–Crippen LogP) is 6.30. The standard InChI is InChI=1S/C26H31N5OS/c1-6-7-8-9-10-23-29-31-24(27)22(25(32)28-26(31)33-23)15-20-14-18(4)30(19(20)5)21-12-16(2)11-17(3)13-21/h11-15,27H,6-10H2,1-5H3/b22-15-,27-24?. The lowest BCUT2D eigenvalue weighted by Gasteiger charge is -2.20. The smallest absolute Gasteiger partial charge is 0.283 e. The van der Waals surface area contributed by atoms with Crippen molar-refractivity contribution in [2.45, 2.75) is 66.7 Å². The van der Waals surface area contributed by atoms with E-state index in [9.17, 15) is 4.79 Å². The van der Waals surface area contributed by atoms with Crippen LogP contribution in [0.25, 0.3) is 11.8 Å². The number of rotatable bonds is 7. The highest BCUT2D eigenvalue weighted by molar-refractivity contribution is 8.26. The van der Waals surface area contributed by atoms with Crippen molar-refractivity contribution in [3.05, 3.63) is 57.9 Å². The minimum Gasteiger partial charge on any atom is -0.318 e. The molecule has 0 aliphatic carbocycles. The molecule has 1 N–H and O–H groups in total. The lowest BCUT2D eigenvalue weighted by atomic mass is 10.1. The third-order valence-electron chi connectivity index (χ3n) is 5.98. The van der Waals surface area contributed by atoms with Crippen molar-refractivity contribution in [3.8, 4) is 5.69 Å². The van der Waals surface area contributed by atoms with Gasteiger partial charge in [-0.2, -0.15) is 15.1 Å². The number of hydrogen-bond donors (Lipinski definition) is 1. The predicted molar refractivity (Wildman–Crippen MR) is 138 cm³/mol. The van der Waals surface area contributed by atoms with Crippen molar-refractivity contribution < 1.29 is 4.79 Å². The maximum Gasteiger partial charge on any atom is 0.283 e. The Bertz CT molecular complexity index is 1200. The number of aromatic nitrogens is 1. The van der Waals surface area contributed by atoms with Gasteiger partial charge in [-0.1, -0.05) is 32.3 Å². The number of aryl methyl sites for hydroxylation is 3. The summed E-state index contributed by atoms with van der Waals surface area (Å²) in [6, 6.07) is 8.53. The summed E-state index contributed by atoms with van der Waals surface area (Å²) in [7, 11) is 0. The quantitative estimate of drug-likeness (QED) is 0.388. The molecule has 0 saturated carbocycles. The van der Waals surface area contributed by atoms with Crippen LogP contribution in [-0.4, -0.2) is 31.5 Å². The van der Waals surface area contributed by atoms with Crippen molar-refractivity contribution in [1.82, 2.24) is 9.58 Å². The van der Waals surface area contributed by atoms with Crippen molar-refractivity contribution in [2.75, 3.05) is 0 Å². The zero-order valence-electron chi connectivity index (χ0n) is 20.0. The van der Waals surface area contributed by atoms with E-state index in [4.69, 9.17) is 5.41 Å². The van der Waals surface area contributed by atoms with E-state index < -0.39 is 0 Å². The molecule has 0 radical (unpaired) electrons. The summed E-state index contributed by atoms with van der Waals surface area (Å²) >= 11 is 1.41. The Morgan fingerprint density at radius 2 is 1.76 bits per heavy atom. The first-order valence-electron chi connectivity index (χ1n) is 11.5. The molecule has 1 amide bonds. The van der Waals surface area contributed by atoms with E-state index >= 15 is 0 Å². The van der Waals surface area contributed by atoms with Gasteiger partial charge < -0.3 is 4.57 Å². The van der Waals surface area contributed by atoms with Crippen LogP contribution in [0.3, 0.4) is 0 Å². The topological polar surface area (TPSA) is 73.8 Å². The number of hydrogen-bond acceptors (Lipinski definition) is 4. The number of benzene rings is 1. The van der Waals surface area contributed by atoms with Crippen molar-refractivity contribution in [3.63, 3.8) is 0 Å². The van der Waals surface area contributed by atoms with Crippen LogP contribution in [0, 0.1) is 33.1 Å². The molecule has 0 atom stereocenters. The molecule has 0 unspecified atom stereocenters. The lowest BCUT2D eigenvalue weighted by Crippen LogP contribution is -2.35. The molecule has 1 aromatic carbocycles. The maximum absolute atomic E-state index is 12.8. The first-order valence-corrected chi connectivity index (χ1v) is 12.4. The van der Waals surface area contributed by atoms with Crippen LogP contribution < -0.4 is 0 Å². The normalized spacial score (nSPS) is 17.0. The number of amides is 1. The van der Waals surface area contributed by atoms with Crippen LogP contribution in [0.2, 0.25) is 0 Å². The summed E-state index contributed by atoms with van der Waals surface area (Å²) in [5.74, 6) is -0.283. The molecule has 3 heterocycles. The summed E-state index contributed by atoms with van der Waals surface area (Å²) in [6.07, 6.45) is 7.28. The molecule has 0 bridgehead atoms. The van der Waals surface area contributed by atoms with Crippen LogP contribution in [0.15, 0.2) is 39.9 Å². The molecule has 0 saturated heterocycles. The number of fused-ring (bicyclic) bond motifs is 1. The number of unbranched alkanes of at least 4 members (excludes halogenated alkanes) is 3. The summed E-state index contributed by atoms with van der Waals surface area (Å²) in [4.78, 5) is 17.1. The van der Waals surface area contributed by atoms with E-state index in [2.05, 4.69) is 66.6 Å². The molecular formula is C26H31N5OS.